The van der Waals surface area contributed by atoms with Crippen molar-refractivity contribution < 1.29 is 9.90 Å². The summed E-state index contributed by atoms with van der Waals surface area (Å²) < 4.78 is 0. The van der Waals surface area contributed by atoms with E-state index >= 15 is 0 Å². The lowest BCUT2D eigenvalue weighted by Gasteiger charge is -2.30. The molecule has 1 N–H and O–H groups in total. The lowest BCUT2D eigenvalue weighted by Crippen LogP contribution is -2.32. The van der Waals surface area contributed by atoms with Gasteiger partial charge in [0, 0.05) is 5.92 Å². The van der Waals surface area contributed by atoms with Crippen LogP contribution in [0.3, 0.4) is 0 Å². The molecule has 1 saturated carbocycles. The Hall–Kier alpha value is -0.370. The molecule has 2 unspecified atom stereocenters. The third-order valence-electron chi connectivity index (χ3n) is 3.15. The Morgan fingerprint density at radius 2 is 1.85 bits per heavy atom. The van der Waals surface area contributed by atoms with Gasteiger partial charge in [-0.3, -0.25) is 4.79 Å². The highest BCUT2D eigenvalue weighted by Gasteiger charge is 2.30. The molecule has 2 nitrogen and oxygen atoms in total. The minimum absolute atomic E-state index is 0.111. The van der Waals surface area contributed by atoms with Gasteiger partial charge in [-0.25, -0.2) is 0 Å². The molecule has 0 heterocycles. The molecular formula is C11H20O2. The van der Waals surface area contributed by atoms with E-state index < -0.39 is 6.10 Å². The Morgan fingerprint density at radius 1 is 1.31 bits per heavy atom. The maximum Gasteiger partial charge on any atom is 0.135 e. The van der Waals surface area contributed by atoms with Crippen molar-refractivity contribution in [1.82, 2.24) is 0 Å². The molecule has 0 amide bonds. The third kappa shape index (κ3) is 2.80. The summed E-state index contributed by atoms with van der Waals surface area (Å²) in [5, 5.41) is 9.51. The van der Waals surface area contributed by atoms with Crippen molar-refractivity contribution in [2.75, 3.05) is 0 Å². The zero-order valence-electron chi connectivity index (χ0n) is 8.62. The van der Waals surface area contributed by atoms with Gasteiger partial charge >= 0.3 is 0 Å². The number of carbonyl (C=O) groups excluding carboxylic acids is 1. The lowest BCUT2D eigenvalue weighted by molar-refractivity contribution is -0.126. The summed E-state index contributed by atoms with van der Waals surface area (Å²) >= 11 is 0. The van der Waals surface area contributed by atoms with Crippen molar-refractivity contribution in [3.8, 4) is 0 Å². The number of rotatable bonds is 3. The number of hydrogen-bond acceptors (Lipinski definition) is 2. The summed E-state index contributed by atoms with van der Waals surface area (Å²) in [5.74, 6) is 0.480. The van der Waals surface area contributed by atoms with E-state index in [2.05, 4.69) is 0 Å². The van der Waals surface area contributed by atoms with Crippen molar-refractivity contribution in [2.24, 2.45) is 11.8 Å². The molecule has 13 heavy (non-hydrogen) atoms. The molecule has 0 spiro atoms. The van der Waals surface area contributed by atoms with Crippen LogP contribution in [0.25, 0.3) is 0 Å². The molecule has 0 aromatic carbocycles. The quantitative estimate of drug-likeness (QED) is 0.729. The molecule has 0 saturated heterocycles. The van der Waals surface area contributed by atoms with E-state index in [9.17, 15) is 9.90 Å². The molecule has 1 fully saturated rings. The summed E-state index contributed by atoms with van der Waals surface area (Å²) in [4.78, 5) is 11.3. The van der Waals surface area contributed by atoms with Crippen LogP contribution in [0.1, 0.15) is 46.0 Å². The number of ketones is 1. The Morgan fingerprint density at radius 3 is 2.23 bits per heavy atom. The first-order valence-electron chi connectivity index (χ1n) is 5.31. The van der Waals surface area contributed by atoms with Crippen LogP contribution < -0.4 is 0 Å². The normalized spacial score (nSPS) is 23.9. The van der Waals surface area contributed by atoms with Crippen LogP contribution in [0.5, 0.6) is 0 Å². The maximum atomic E-state index is 11.3. The van der Waals surface area contributed by atoms with E-state index in [0.29, 0.717) is 5.92 Å². The van der Waals surface area contributed by atoms with Gasteiger partial charge in [0.25, 0.3) is 0 Å². The van der Waals surface area contributed by atoms with Crippen LogP contribution in [0.4, 0.5) is 0 Å². The lowest BCUT2D eigenvalue weighted by atomic mass is 9.76. The summed E-state index contributed by atoms with van der Waals surface area (Å²) in [5.41, 5.74) is 0. The Labute approximate surface area is 80.3 Å². The van der Waals surface area contributed by atoms with E-state index in [1.807, 2.05) is 0 Å². The molecule has 0 bridgehead atoms. The third-order valence-corrected chi connectivity index (χ3v) is 3.15. The second kappa shape index (κ2) is 4.75. The molecule has 76 valence electrons. The van der Waals surface area contributed by atoms with E-state index in [1.54, 1.807) is 13.8 Å². The van der Waals surface area contributed by atoms with Gasteiger partial charge in [0.15, 0.2) is 0 Å². The van der Waals surface area contributed by atoms with Gasteiger partial charge in [0.2, 0.25) is 0 Å². The fraction of sp³-hybridized carbons (Fsp3) is 0.909. The SMILES string of the molecule is CC(=O)C(C(C)O)C1CCCCC1. The predicted octanol–water partition coefficient (Wildman–Crippen LogP) is 2.15. The smallest absolute Gasteiger partial charge is 0.135 e. The van der Waals surface area contributed by atoms with E-state index in [-0.39, 0.29) is 11.7 Å². The van der Waals surface area contributed by atoms with Gasteiger partial charge in [-0.05, 0) is 32.6 Å². The zero-order chi connectivity index (χ0) is 9.84. The van der Waals surface area contributed by atoms with Gasteiger partial charge in [-0.2, -0.15) is 0 Å². The molecule has 2 heteroatoms. The van der Waals surface area contributed by atoms with Crippen molar-refractivity contribution in [3.05, 3.63) is 0 Å². The number of carbonyl (C=O) groups is 1. The largest absolute Gasteiger partial charge is 0.393 e. The highest BCUT2D eigenvalue weighted by molar-refractivity contribution is 5.79. The van der Waals surface area contributed by atoms with Crippen molar-refractivity contribution >= 4 is 5.78 Å². The molecular weight excluding hydrogens is 164 g/mol. The molecule has 0 aromatic rings. The van der Waals surface area contributed by atoms with Crippen LogP contribution >= 0.6 is 0 Å². The van der Waals surface area contributed by atoms with Crippen molar-refractivity contribution in [2.45, 2.75) is 52.1 Å². The minimum Gasteiger partial charge on any atom is -0.393 e. The molecule has 0 radical (unpaired) electrons. The molecule has 1 aliphatic rings. The highest BCUT2D eigenvalue weighted by atomic mass is 16.3. The van der Waals surface area contributed by atoms with Crippen LogP contribution in [-0.4, -0.2) is 17.0 Å². The molecule has 2 atom stereocenters. The van der Waals surface area contributed by atoms with Gasteiger partial charge in [0.1, 0.15) is 5.78 Å². The standard InChI is InChI=1S/C11H20O2/c1-8(12)11(9(2)13)10-6-4-3-5-7-10/h8,10-12H,3-7H2,1-2H3. The monoisotopic (exact) mass is 184 g/mol. The van der Waals surface area contributed by atoms with Crippen molar-refractivity contribution in [3.63, 3.8) is 0 Å². The number of Topliss-reactive ketones (excluding diaryl/α,β-unsaturated/α-hetero) is 1. The van der Waals surface area contributed by atoms with Crippen molar-refractivity contribution in [1.29, 1.82) is 0 Å². The number of hydrogen-bond donors (Lipinski definition) is 1. The van der Waals surface area contributed by atoms with E-state index in [4.69, 9.17) is 0 Å². The maximum absolute atomic E-state index is 11.3. The van der Waals surface area contributed by atoms with Crippen LogP contribution in [-0.2, 0) is 4.79 Å². The first kappa shape index (κ1) is 10.7. The zero-order valence-corrected chi connectivity index (χ0v) is 8.62. The van der Waals surface area contributed by atoms with E-state index in [1.165, 1.54) is 19.3 Å². The topological polar surface area (TPSA) is 37.3 Å². The first-order chi connectivity index (χ1) is 6.13. The van der Waals surface area contributed by atoms with Gasteiger partial charge in [-0.15, -0.1) is 0 Å². The fourth-order valence-electron chi connectivity index (χ4n) is 2.56. The van der Waals surface area contributed by atoms with Crippen LogP contribution in [0, 0.1) is 11.8 Å². The van der Waals surface area contributed by atoms with Gasteiger partial charge in [0.05, 0.1) is 6.10 Å². The summed E-state index contributed by atoms with van der Waals surface area (Å²) in [7, 11) is 0. The van der Waals surface area contributed by atoms with E-state index in [0.717, 1.165) is 12.8 Å². The van der Waals surface area contributed by atoms with Crippen LogP contribution in [0.2, 0.25) is 0 Å². The second-order valence-electron chi connectivity index (χ2n) is 4.28. The summed E-state index contributed by atoms with van der Waals surface area (Å²) in [6.45, 7) is 3.34. The number of aliphatic hydroxyl groups excluding tert-OH is 1. The average molecular weight is 184 g/mol. The average Bonchev–Trinajstić information content (AvgIpc) is 2.04. The molecule has 1 rings (SSSR count). The predicted molar refractivity (Wildman–Crippen MR) is 52.4 cm³/mol. The molecule has 1 aliphatic carbocycles. The number of aliphatic hydroxyl groups is 1. The first-order valence-corrected chi connectivity index (χ1v) is 5.31. The second-order valence-corrected chi connectivity index (χ2v) is 4.28. The van der Waals surface area contributed by atoms with Gasteiger partial charge in [-0.1, -0.05) is 19.3 Å². The Balaban J connectivity index is 2.57. The minimum atomic E-state index is -0.472. The summed E-state index contributed by atoms with van der Waals surface area (Å²) in [6.07, 6.45) is 5.51. The summed E-state index contributed by atoms with van der Waals surface area (Å²) in [6, 6.07) is 0. The Bertz CT molecular complexity index is 169. The fourth-order valence-corrected chi connectivity index (χ4v) is 2.56. The molecule has 0 aliphatic heterocycles. The highest BCUT2D eigenvalue weighted by Crippen LogP contribution is 2.32. The van der Waals surface area contributed by atoms with Crippen LogP contribution in [0.15, 0.2) is 0 Å². The molecule has 0 aromatic heterocycles. The Kier molecular flexibility index (Phi) is 3.91. The van der Waals surface area contributed by atoms with Gasteiger partial charge < -0.3 is 5.11 Å².